The molecular weight excluding hydrogens is 310 g/mol. The van der Waals surface area contributed by atoms with Crippen molar-refractivity contribution in [1.29, 1.82) is 0 Å². The van der Waals surface area contributed by atoms with Crippen molar-refractivity contribution in [2.24, 2.45) is 0 Å². The second-order valence-corrected chi connectivity index (χ2v) is 4.27. The monoisotopic (exact) mass is 320 g/mol. The summed E-state index contributed by atoms with van der Waals surface area (Å²) in [7, 11) is 1.29. The Morgan fingerprint density at radius 3 is 2.38 bits per heavy atom. The molecule has 0 aliphatic rings. The molecule has 0 aliphatic heterocycles. The normalized spacial score (nSPS) is 11.5. The van der Waals surface area contributed by atoms with E-state index < -0.39 is 41.2 Å². The summed E-state index contributed by atoms with van der Waals surface area (Å²) in [6, 6.07) is 0.389. The number of urea groups is 1. The zero-order valence-corrected chi connectivity index (χ0v) is 11.8. The number of amides is 3. The molecule has 6 nitrogen and oxygen atoms in total. The molecule has 0 saturated heterocycles. The Morgan fingerprint density at radius 2 is 1.81 bits per heavy atom. The Morgan fingerprint density at radius 1 is 1.24 bits per heavy atom. The molecule has 3 amide bonds. The van der Waals surface area contributed by atoms with E-state index >= 15 is 0 Å². The summed E-state index contributed by atoms with van der Waals surface area (Å²) in [5.41, 5.74) is -0.435. The predicted octanol–water partition coefficient (Wildman–Crippen LogP) is 1.62. The topological polar surface area (TPSA) is 84.5 Å². The third kappa shape index (κ3) is 4.38. The SMILES string of the molecule is CNC(=O)NC(=O)C(C)OC(=O)c1cc(F)c(F)cc1Cl. The summed E-state index contributed by atoms with van der Waals surface area (Å²) in [6.45, 7) is 1.20. The molecule has 0 bridgehead atoms. The number of halogens is 3. The van der Waals surface area contributed by atoms with E-state index in [1.165, 1.54) is 14.0 Å². The smallest absolute Gasteiger partial charge is 0.340 e. The second kappa shape index (κ2) is 6.98. The number of imide groups is 1. The summed E-state index contributed by atoms with van der Waals surface area (Å²) in [5.74, 6) is -4.52. The highest BCUT2D eigenvalue weighted by Crippen LogP contribution is 2.21. The summed E-state index contributed by atoms with van der Waals surface area (Å²) >= 11 is 5.59. The van der Waals surface area contributed by atoms with E-state index in [9.17, 15) is 23.2 Å². The first kappa shape index (κ1) is 16.8. The molecule has 114 valence electrons. The van der Waals surface area contributed by atoms with Gasteiger partial charge >= 0.3 is 12.0 Å². The fourth-order valence-corrected chi connectivity index (χ4v) is 1.46. The zero-order valence-electron chi connectivity index (χ0n) is 11.0. The lowest BCUT2D eigenvalue weighted by Gasteiger charge is -2.13. The van der Waals surface area contributed by atoms with Crippen LogP contribution in [-0.2, 0) is 9.53 Å². The van der Waals surface area contributed by atoms with Gasteiger partial charge in [-0.25, -0.2) is 18.4 Å². The summed E-state index contributed by atoms with van der Waals surface area (Å²) in [6.07, 6.45) is -1.33. The van der Waals surface area contributed by atoms with E-state index in [0.29, 0.717) is 12.1 Å². The maximum Gasteiger partial charge on any atom is 0.340 e. The standard InChI is InChI=1S/C12H11ClF2N2O4/c1-5(10(18)17-12(20)16-2)21-11(19)6-3-8(14)9(15)4-7(6)13/h3-5H,1-2H3,(H2,16,17,18,20). The molecule has 0 aromatic heterocycles. The molecule has 9 heteroatoms. The molecule has 0 spiro atoms. The fourth-order valence-electron chi connectivity index (χ4n) is 1.23. The van der Waals surface area contributed by atoms with Crippen molar-refractivity contribution in [2.75, 3.05) is 7.05 Å². The Hall–Kier alpha value is -2.22. The number of benzene rings is 1. The molecule has 1 rings (SSSR count). The molecule has 1 unspecified atom stereocenters. The number of esters is 1. The van der Waals surface area contributed by atoms with Crippen LogP contribution in [-0.4, -0.2) is 31.1 Å². The lowest BCUT2D eigenvalue weighted by atomic mass is 10.2. The van der Waals surface area contributed by atoms with Gasteiger partial charge < -0.3 is 10.1 Å². The van der Waals surface area contributed by atoms with E-state index in [2.05, 4.69) is 5.32 Å². The van der Waals surface area contributed by atoms with Crippen molar-refractivity contribution in [3.05, 3.63) is 34.4 Å². The van der Waals surface area contributed by atoms with Crippen LogP contribution in [0.4, 0.5) is 13.6 Å². The maximum absolute atomic E-state index is 13.1. The van der Waals surface area contributed by atoms with Gasteiger partial charge in [-0.05, 0) is 19.1 Å². The molecule has 1 atom stereocenters. The lowest BCUT2D eigenvalue weighted by Crippen LogP contribution is -2.43. The lowest BCUT2D eigenvalue weighted by molar-refractivity contribution is -0.127. The Labute approximate surface area is 123 Å². The third-order valence-electron chi connectivity index (χ3n) is 2.35. The van der Waals surface area contributed by atoms with Crippen molar-refractivity contribution < 1.29 is 27.9 Å². The number of nitrogens with one attached hydrogen (secondary N) is 2. The first-order valence-electron chi connectivity index (χ1n) is 5.64. The summed E-state index contributed by atoms with van der Waals surface area (Å²) < 4.78 is 30.7. The van der Waals surface area contributed by atoms with E-state index in [1.54, 1.807) is 0 Å². The second-order valence-electron chi connectivity index (χ2n) is 3.86. The minimum absolute atomic E-state index is 0.363. The van der Waals surface area contributed by atoms with Crippen LogP contribution >= 0.6 is 11.6 Å². The molecule has 0 radical (unpaired) electrons. The van der Waals surface area contributed by atoms with Gasteiger partial charge in [-0.2, -0.15) is 0 Å². The molecule has 0 aliphatic carbocycles. The molecule has 1 aromatic rings. The van der Waals surface area contributed by atoms with Crippen molar-refractivity contribution >= 4 is 29.5 Å². The van der Waals surface area contributed by atoms with Gasteiger partial charge in [0.05, 0.1) is 10.6 Å². The predicted molar refractivity (Wildman–Crippen MR) is 68.8 cm³/mol. The van der Waals surface area contributed by atoms with Gasteiger partial charge in [0.25, 0.3) is 5.91 Å². The Balaban J connectivity index is 2.79. The molecule has 1 aromatic carbocycles. The van der Waals surface area contributed by atoms with Crippen LogP contribution in [0.15, 0.2) is 12.1 Å². The maximum atomic E-state index is 13.1. The highest BCUT2D eigenvalue weighted by molar-refractivity contribution is 6.33. The molecule has 2 N–H and O–H groups in total. The first-order chi connectivity index (χ1) is 9.76. The average Bonchev–Trinajstić information content (AvgIpc) is 2.42. The number of carbonyl (C=O) groups is 3. The average molecular weight is 321 g/mol. The van der Waals surface area contributed by atoms with Crippen LogP contribution in [0.2, 0.25) is 5.02 Å². The summed E-state index contributed by atoms with van der Waals surface area (Å²) in [4.78, 5) is 34.1. The highest BCUT2D eigenvalue weighted by atomic mass is 35.5. The van der Waals surface area contributed by atoms with Crippen LogP contribution in [0, 0.1) is 11.6 Å². The third-order valence-corrected chi connectivity index (χ3v) is 2.66. The van der Waals surface area contributed by atoms with Gasteiger partial charge in [-0.15, -0.1) is 0 Å². The largest absolute Gasteiger partial charge is 0.449 e. The minimum Gasteiger partial charge on any atom is -0.449 e. The Bertz CT molecular complexity index is 595. The molecule has 0 heterocycles. The van der Waals surface area contributed by atoms with Crippen LogP contribution in [0.3, 0.4) is 0 Å². The van der Waals surface area contributed by atoms with Crippen molar-refractivity contribution in [2.45, 2.75) is 13.0 Å². The molecular formula is C12H11ClF2N2O4. The minimum atomic E-state index is -1.33. The van der Waals surface area contributed by atoms with Crippen LogP contribution in [0.25, 0.3) is 0 Å². The van der Waals surface area contributed by atoms with Gasteiger partial charge in [0.2, 0.25) is 0 Å². The van der Waals surface area contributed by atoms with Gasteiger partial charge in [0, 0.05) is 7.05 Å². The molecule has 21 heavy (non-hydrogen) atoms. The van der Waals surface area contributed by atoms with E-state index in [0.717, 1.165) is 0 Å². The van der Waals surface area contributed by atoms with Gasteiger partial charge in [-0.3, -0.25) is 10.1 Å². The number of carbonyl (C=O) groups excluding carboxylic acids is 3. The summed E-state index contributed by atoms with van der Waals surface area (Å²) in [5, 5.41) is 3.66. The number of rotatable bonds is 3. The van der Waals surface area contributed by atoms with E-state index in [-0.39, 0.29) is 5.02 Å². The van der Waals surface area contributed by atoms with Gasteiger partial charge in [0.15, 0.2) is 17.7 Å². The fraction of sp³-hybridized carbons (Fsp3) is 0.250. The van der Waals surface area contributed by atoms with Crippen molar-refractivity contribution in [3.63, 3.8) is 0 Å². The Kier molecular flexibility index (Phi) is 5.60. The van der Waals surface area contributed by atoms with Crippen molar-refractivity contribution in [3.8, 4) is 0 Å². The van der Waals surface area contributed by atoms with Gasteiger partial charge in [-0.1, -0.05) is 11.6 Å². The molecule has 0 fully saturated rings. The van der Waals surface area contributed by atoms with Crippen LogP contribution in [0.1, 0.15) is 17.3 Å². The van der Waals surface area contributed by atoms with E-state index in [4.69, 9.17) is 16.3 Å². The quantitative estimate of drug-likeness (QED) is 0.654. The van der Waals surface area contributed by atoms with Crippen LogP contribution < -0.4 is 10.6 Å². The van der Waals surface area contributed by atoms with E-state index in [1.807, 2.05) is 5.32 Å². The number of ether oxygens (including phenoxy) is 1. The van der Waals surface area contributed by atoms with Crippen LogP contribution in [0.5, 0.6) is 0 Å². The van der Waals surface area contributed by atoms with Crippen molar-refractivity contribution in [1.82, 2.24) is 10.6 Å². The zero-order chi connectivity index (χ0) is 16.2. The first-order valence-corrected chi connectivity index (χ1v) is 6.02. The molecule has 0 saturated carbocycles. The number of hydrogen-bond acceptors (Lipinski definition) is 4. The highest BCUT2D eigenvalue weighted by Gasteiger charge is 2.23. The van der Waals surface area contributed by atoms with Gasteiger partial charge in [0.1, 0.15) is 0 Å². The number of hydrogen-bond donors (Lipinski definition) is 2.